The molecular weight excluding hydrogens is 529 g/mol. The Bertz CT molecular complexity index is 1550. The van der Waals surface area contributed by atoms with Gasteiger partial charge in [-0.25, -0.2) is 17.9 Å². The molecule has 0 atom stereocenters. The molecule has 0 unspecified atom stereocenters. The van der Waals surface area contributed by atoms with Crippen LogP contribution in [0.3, 0.4) is 0 Å². The Labute approximate surface area is 205 Å². The third-order valence-electron chi connectivity index (χ3n) is 4.78. The van der Waals surface area contributed by atoms with Crippen LogP contribution in [0.5, 0.6) is 0 Å². The average Bonchev–Trinajstić information content (AvgIpc) is 3.42. The van der Waals surface area contributed by atoms with Crippen LogP contribution in [0, 0.1) is 0 Å². The number of alkyl halides is 3. The number of benzene rings is 2. The van der Waals surface area contributed by atoms with Gasteiger partial charge >= 0.3 is 12.1 Å². The third-order valence-corrected chi connectivity index (χ3v) is 7.23. The Morgan fingerprint density at radius 3 is 2.43 bits per heavy atom. The van der Waals surface area contributed by atoms with Crippen molar-refractivity contribution in [2.24, 2.45) is 0 Å². The number of methoxy groups -OCH3 is 1. The lowest BCUT2D eigenvalue weighted by Crippen LogP contribution is -2.12. The molecule has 0 aliphatic heterocycles. The fraction of sp³-hybridized carbons (Fsp3) is 0.143. The van der Waals surface area contributed by atoms with Crippen molar-refractivity contribution in [1.29, 1.82) is 0 Å². The Morgan fingerprint density at radius 1 is 1.09 bits per heavy atom. The average molecular weight is 543 g/mol. The molecule has 0 saturated heterocycles. The zero-order valence-corrected chi connectivity index (χ0v) is 20.3. The Balaban J connectivity index is 1.92. The second-order valence-electron chi connectivity index (χ2n) is 7.14. The van der Waals surface area contributed by atoms with E-state index in [-0.39, 0.29) is 31.3 Å². The quantitative estimate of drug-likeness (QED) is 0.330. The summed E-state index contributed by atoms with van der Waals surface area (Å²) in [7, 11) is -2.41. The molecule has 35 heavy (non-hydrogen) atoms. The molecule has 0 bridgehead atoms. The molecule has 0 spiro atoms. The van der Waals surface area contributed by atoms with E-state index in [1.165, 1.54) is 36.4 Å². The fourth-order valence-corrected chi connectivity index (χ4v) is 5.06. The fourth-order valence-electron chi connectivity index (χ4n) is 3.18. The monoisotopic (exact) mass is 542 g/mol. The normalized spacial score (nSPS) is 12.1. The summed E-state index contributed by atoms with van der Waals surface area (Å²) >= 11 is 7.32. The number of rotatable bonds is 5. The molecular formula is C21H14ClF3N4O4S2. The summed E-state index contributed by atoms with van der Waals surface area (Å²) < 4.78 is 70.5. The van der Waals surface area contributed by atoms with Crippen LogP contribution in [-0.4, -0.2) is 47.7 Å². The minimum Gasteiger partial charge on any atom is -0.464 e. The molecule has 14 heteroatoms. The lowest BCUT2D eigenvalue weighted by molar-refractivity contribution is -0.137. The molecule has 4 aromatic rings. The molecule has 0 aliphatic carbocycles. The highest BCUT2D eigenvalue weighted by Gasteiger charge is 2.36. The first-order chi connectivity index (χ1) is 16.4. The minimum atomic E-state index is -4.73. The van der Waals surface area contributed by atoms with Crippen molar-refractivity contribution in [2.45, 2.75) is 11.1 Å². The number of nitrogens with zero attached hydrogens (tertiary/aromatic N) is 4. The van der Waals surface area contributed by atoms with E-state index >= 15 is 0 Å². The van der Waals surface area contributed by atoms with Crippen LogP contribution in [-0.2, 0) is 20.8 Å². The van der Waals surface area contributed by atoms with Crippen molar-refractivity contribution in [3.8, 4) is 27.0 Å². The Hall–Kier alpha value is -3.29. The van der Waals surface area contributed by atoms with Crippen LogP contribution in [0.15, 0.2) is 53.4 Å². The van der Waals surface area contributed by atoms with Crippen LogP contribution >= 0.6 is 22.9 Å². The summed E-state index contributed by atoms with van der Waals surface area (Å²) in [4.78, 5) is 12.3. The summed E-state index contributed by atoms with van der Waals surface area (Å²) in [5.41, 5.74) is -1.49. The van der Waals surface area contributed by atoms with Gasteiger partial charge in [-0.3, -0.25) is 0 Å². The number of carbonyl (C=O) groups excluding carboxylic acids is 1. The maximum atomic E-state index is 13.7. The standard InChI is InChI=1S/C21H14ClF3N4O4S2/c1-33-20(30)16-15(22)17(29(28-16)14-9-4-3-8-13(14)21(23,24)25)19-27-26-18(34-19)11-6-5-7-12(10-11)35(2,31)32/h3-10H,1-2H3. The van der Waals surface area contributed by atoms with Gasteiger partial charge in [-0.2, -0.15) is 18.3 Å². The van der Waals surface area contributed by atoms with Gasteiger partial charge in [0.15, 0.2) is 20.5 Å². The van der Waals surface area contributed by atoms with Gasteiger partial charge < -0.3 is 4.74 Å². The predicted molar refractivity (Wildman–Crippen MR) is 122 cm³/mol. The van der Waals surface area contributed by atoms with Gasteiger partial charge in [0.1, 0.15) is 15.7 Å². The summed E-state index contributed by atoms with van der Waals surface area (Å²) in [5, 5.41) is 12.1. The lowest BCUT2D eigenvalue weighted by atomic mass is 10.1. The van der Waals surface area contributed by atoms with Gasteiger partial charge in [0.2, 0.25) is 0 Å². The predicted octanol–water partition coefficient (Wildman–Crippen LogP) is 4.92. The van der Waals surface area contributed by atoms with Gasteiger partial charge in [0, 0.05) is 11.8 Å². The van der Waals surface area contributed by atoms with Crippen molar-refractivity contribution >= 4 is 38.7 Å². The molecule has 0 amide bonds. The zero-order valence-electron chi connectivity index (χ0n) is 17.9. The summed E-state index contributed by atoms with van der Waals surface area (Å²) in [6, 6.07) is 10.6. The first-order valence-electron chi connectivity index (χ1n) is 9.59. The van der Waals surface area contributed by atoms with Crippen molar-refractivity contribution in [3.05, 3.63) is 64.8 Å². The zero-order chi connectivity index (χ0) is 25.5. The van der Waals surface area contributed by atoms with E-state index in [2.05, 4.69) is 20.0 Å². The third kappa shape index (κ3) is 4.79. The largest absolute Gasteiger partial charge is 0.464 e. The van der Waals surface area contributed by atoms with Crippen molar-refractivity contribution in [3.63, 3.8) is 0 Å². The van der Waals surface area contributed by atoms with Gasteiger partial charge in [0.05, 0.1) is 23.3 Å². The van der Waals surface area contributed by atoms with Crippen molar-refractivity contribution < 1.29 is 31.1 Å². The van der Waals surface area contributed by atoms with Crippen LogP contribution < -0.4 is 0 Å². The smallest absolute Gasteiger partial charge is 0.418 e. The second-order valence-corrected chi connectivity index (χ2v) is 10.5. The van der Waals surface area contributed by atoms with E-state index in [0.717, 1.165) is 35.5 Å². The second kappa shape index (κ2) is 9.06. The number of aromatic nitrogens is 4. The maximum Gasteiger partial charge on any atom is 0.418 e. The molecule has 2 aromatic heterocycles. The van der Waals surface area contributed by atoms with E-state index < -0.39 is 33.2 Å². The van der Waals surface area contributed by atoms with E-state index in [1.54, 1.807) is 6.07 Å². The number of para-hydroxylation sites is 1. The van der Waals surface area contributed by atoms with Crippen molar-refractivity contribution in [1.82, 2.24) is 20.0 Å². The van der Waals surface area contributed by atoms with Crippen LogP contribution in [0.25, 0.3) is 27.0 Å². The highest BCUT2D eigenvalue weighted by molar-refractivity contribution is 7.90. The van der Waals surface area contributed by atoms with Gasteiger partial charge in [-0.05, 0) is 24.3 Å². The van der Waals surface area contributed by atoms with E-state index in [1.807, 2.05) is 0 Å². The number of esters is 1. The number of ether oxygens (including phenoxy) is 1. The lowest BCUT2D eigenvalue weighted by Gasteiger charge is -2.14. The van der Waals surface area contributed by atoms with Gasteiger partial charge in [-0.1, -0.05) is 47.2 Å². The topological polar surface area (TPSA) is 104 Å². The minimum absolute atomic E-state index is 0.0504. The first-order valence-corrected chi connectivity index (χ1v) is 12.7. The SMILES string of the molecule is COC(=O)c1nn(-c2ccccc2C(F)(F)F)c(-c2nnc(-c3cccc(S(C)(=O)=O)c3)s2)c1Cl. The molecule has 0 N–H and O–H groups in total. The van der Waals surface area contributed by atoms with Crippen LogP contribution in [0.4, 0.5) is 13.2 Å². The highest BCUT2D eigenvalue weighted by atomic mass is 35.5. The molecule has 2 aromatic carbocycles. The van der Waals surface area contributed by atoms with Crippen molar-refractivity contribution in [2.75, 3.05) is 13.4 Å². The van der Waals surface area contributed by atoms with E-state index in [9.17, 15) is 26.4 Å². The van der Waals surface area contributed by atoms with E-state index in [4.69, 9.17) is 11.6 Å². The maximum absolute atomic E-state index is 13.7. The molecule has 0 aliphatic rings. The molecule has 8 nitrogen and oxygen atoms in total. The summed E-state index contributed by atoms with van der Waals surface area (Å²) in [5.74, 6) is -0.954. The molecule has 2 heterocycles. The van der Waals surface area contributed by atoms with Gasteiger partial charge in [-0.15, -0.1) is 10.2 Å². The van der Waals surface area contributed by atoms with Gasteiger partial charge in [0.25, 0.3) is 0 Å². The molecule has 4 rings (SSSR count). The number of carbonyl (C=O) groups is 1. The van der Waals surface area contributed by atoms with E-state index in [0.29, 0.717) is 5.56 Å². The first kappa shape index (κ1) is 24.8. The molecule has 0 radical (unpaired) electrons. The number of sulfone groups is 1. The van der Waals surface area contributed by atoms with Crippen LogP contribution in [0.2, 0.25) is 5.02 Å². The molecule has 0 saturated carbocycles. The number of hydrogen-bond donors (Lipinski definition) is 0. The Kier molecular flexibility index (Phi) is 6.42. The number of halogens is 4. The highest BCUT2D eigenvalue weighted by Crippen LogP contribution is 2.40. The van der Waals surface area contributed by atoms with Crippen LogP contribution in [0.1, 0.15) is 16.1 Å². The summed E-state index contributed by atoms with van der Waals surface area (Å²) in [6.45, 7) is 0. The molecule has 0 fully saturated rings. The molecule has 182 valence electrons. The number of hydrogen-bond acceptors (Lipinski definition) is 8. The Morgan fingerprint density at radius 2 is 1.77 bits per heavy atom. The summed E-state index contributed by atoms with van der Waals surface area (Å²) in [6.07, 6.45) is -3.67.